The number of rotatable bonds is 5. The zero-order chi connectivity index (χ0) is 15.4. The molecule has 116 valence electrons. The molecule has 0 aliphatic heterocycles. The fraction of sp³-hybridized carbons (Fsp3) is 0.588. The van der Waals surface area contributed by atoms with Crippen LogP contribution in [0.3, 0.4) is 0 Å². The van der Waals surface area contributed by atoms with Gasteiger partial charge in [0.2, 0.25) is 5.91 Å². The average Bonchev–Trinajstić information content (AvgIpc) is 2.83. The molecule has 0 saturated heterocycles. The number of nitrogens with two attached hydrogens (primary N) is 1. The van der Waals surface area contributed by atoms with E-state index in [4.69, 9.17) is 5.73 Å². The summed E-state index contributed by atoms with van der Waals surface area (Å²) < 4.78 is 1.06. The Morgan fingerprint density at radius 1 is 1.33 bits per heavy atom. The van der Waals surface area contributed by atoms with Crippen LogP contribution in [0.1, 0.15) is 45.1 Å². The number of benzene rings is 1. The van der Waals surface area contributed by atoms with Crippen molar-refractivity contribution < 1.29 is 4.79 Å². The van der Waals surface area contributed by atoms with Crippen LogP contribution in [0.15, 0.2) is 28.7 Å². The van der Waals surface area contributed by atoms with Crippen molar-refractivity contribution >= 4 is 21.8 Å². The van der Waals surface area contributed by atoms with Gasteiger partial charge in [-0.1, -0.05) is 34.5 Å². The fourth-order valence-electron chi connectivity index (χ4n) is 3.01. The third-order valence-electron chi connectivity index (χ3n) is 4.36. The van der Waals surface area contributed by atoms with E-state index in [0.29, 0.717) is 18.9 Å². The highest BCUT2D eigenvalue weighted by atomic mass is 79.9. The van der Waals surface area contributed by atoms with Gasteiger partial charge in [0.15, 0.2) is 0 Å². The summed E-state index contributed by atoms with van der Waals surface area (Å²) in [4.78, 5) is 14.6. The largest absolute Gasteiger partial charge is 0.336 e. The Bertz CT molecular complexity index is 472. The molecule has 1 amide bonds. The van der Waals surface area contributed by atoms with Crippen molar-refractivity contribution in [3.05, 3.63) is 34.3 Å². The molecule has 1 saturated carbocycles. The van der Waals surface area contributed by atoms with Gasteiger partial charge in [-0.15, -0.1) is 0 Å². The van der Waals surface area contributed by atoms with E-state index in [2.05, 4.69) is 41.9 Å². The minimum atomic E-state index is 0.204. The average molecular weight is 353 g/mol. The van der Waals surface area contributed by atoms with Crippen LogP contribution in [0.2, 0.25) is 0 Å². The molecule has 1 aliphatic carbocycles. The second-order valence-electron chi connectivity index (χ2n) is 6.30. The van der Waals surface area contributed by atoms with Gasteiger partial charge in [0, 0.05) is 29.5 Å². The number of carbonyl (C=O) groups is 1. The molecule has 21 heavy (non-hydrogen) atoms. The van der Waals surface area contributed by atoms with Crippen LogP contribution in [0.4, 0.5) is 0 Å². The van der Waals surface area contributed by atoms with E-state index < -0.39 is 0 Å². The first-order valence-corrected chi connectivity index (χ1v) is 8.56. The Morgan fingerprint density at radius 2 is 2.00 bits per heavy atom. The van der Waals surface area contributed by atoms with Crippen molar-refractivity contribution in [1.82, 2.24) is 4.90 Å². The van der Waals surface area contributed by atoms with E-state index >= 15 is 0 Å². The summed E-state index contributed by atoms with van der Waals surface area (Å²) in [6, 6.07) is 8.58. The molecule has 0 spiro atoms. The Hall–Kier alpha value is -0.870. The van der Waals surface area contributed by atoms with Crippen LogP contribution >= 0.6 is 15.9 Å². The minimum Gasteiger partial charge on any atom is -0.336 e. The van der Waals surface area contributed by atoms with Crippen LogP contribution in [-0.4, -0.2) is 22.9 Å². The van der Waals surface area contributed by atoms with E-state index in [1.165, 1.54) is 0 Å². The molecular formula is C17H25BrN2O. The summed E-state index contributed by atoms with van der Waals surface area (Å²) in [5, 5.41) is 0. The number of nitrogens with zero attached hydrogens (tertiary/aromatic N) is 1. The third-order valence-corrected chi connectivity index (χ3v) is 4.89. The summed E-state index contributed by atoms with van der Waals surface area (Å²) >= 11 is 3.44. The van der Waals surface area contributed by atoms with Gasteiger partial charge >= 0.3 is 0 Å². The molecular weight excluding hydrogens is 328 g/mol. The number of amides is 1. The minimum absolute atomic E-state index is 0.204. The van der Waals surface area contributed by atoms with E-state index in [9.17, 15) is 4.79 Å². The summed E-state index contributed by atoms with van der Waals surface area (Å²) in [7, 11) is 0. The molecule has 2 atom stereocenters. The predicted octanol–water partition coefficient (Wildman–Crippen LogP) is 3.70. The van der Waals surface area contributed by atoms with Crippen LogP contribution < -0.4 is 5.73 Å². The van der Waals surface area contributed by atoms with Gasteiger partial charge in [0.1, 0.15) is 0 Å². The molecule has 1 aliphatic rings. The monoisotopic (exact) mass is 352 g/mol. The van der Waals surface area contributed by atoms with Gasteiger partial charge < -0.3 is 10.6 Å². The molecule has 0 heterocycles. The van der Waals surface area contributed by atoms with Gasteiger partial charge in [-0.25, -0.2) is 0 Å². The second kappa shape index (κ2) is 7.41. The van der Waals surface area contributed by atoms with Crippen LogP contribution in [0, 0.1) is 5.92 Å². The molecule has 2 rings (SSSR count). The summed E-state index contributed by atoms with van der Waals surface area (Å²) in [5.74, 6) is 0.596. The van der Waals surface area contributed by atoms with Crippen molar-refractivity contribution in [2.24, 2.45) is 11.7 Å². The maximum Gasteiger partial charge on any atom is 0.223 e. The Morgan fingerprint density at radius 3 is 2.52 bits per heavy atom. The van der Waals surface area contributed by atoms with E-state index in [1.54, 1.807) is 0 Å². The number of hydrogen-bond acceptors (Lipinski definition) is 2. The van der Waals surface area contributed by atoms with Crippen LogP contribution in [0.25, 0.3) is 0 Å². The number of halogens is 1. The van der Waals surface area contributed by atoms with Gasteiger partial charge in [-0.3, -0.25) is 4.79 Å². The molecule has 4 heteroatoms. The lowest BCUT2D eigenvalue weighted by molar-refractivity contribution is -0.134. The Kier molecular flexibility index (Phi) is 5.82. The molecule has 0 unspecified atom stereocenters. The number of carbonyl (C=O) groups excluding carboxylic acids is 1. The first kappa shape index (κ1) is 16.5. The molecule has 1 aromatic carbocycles. The Balaban J connectivity index is 2.00. The summed E-state index contributed by atoms with van der Waals surface area (Å²) in [6.45, 7) is 4.82. The van der Waals surface area contributed by atoms with Crippen LogP contribution in [0.5, 0.6) is 0 Å². The maximum atomic E-state index is 12.6. The Labute approximate surface area is 136 Å². The fourth-order valence-corrected chi connectivity index (χ4v) is 3.27. The van der Waals surface area contributed by atoms with Crippen molar-refractivity contribution in [2.75, 3.05) is 0 Å². The lowest BCUT2D eigenvalue weighted by Crippen LogP contribution is -2.39. The molecule has 3 nitrogen and oxygen atoms in total. The first-order valence-electron chi connectivity index (χ1n) is 7.77. The third kappa shape index (κ3) is 4.55. The molecule has 0 radical (unpaired) electrons. The van der Waals surface area contributed by atoms with Crippen LogP contribution in [-0.2, 0) is 11.3 Å². The van der Waals surface area contributed by atoms with Crippen molar-refractivity contribution in [2.45, 2.75) is 58.2 Å². The zero-order valence-electron chi connectivity index (χ0n) is 12.9. The van der Waals surface area contributed by atoms with Crippen molar-refractivity contribution in [1.29, 1.82) is 0 Å². The van der Waals surface area contributed by atoms with Gasteiger partial charge in [-0.2, -0.15) is 0 Å². The van der Waals surface area contributed by atoms with E-state index in [-0.39, 0.29) is 18.0 Å². The standard InChI is InChI=1S/C17H25BrN2O/c1-12(2)20(11-13-6-8-15(18)9-7-13)17(21)10-14-4-3-5-16(14)19/h6-9,12,14,16H,3-5,10-11,19H2,1-2H3/t14-,16+/m0/s1. The second-order valence-corrected chi connectivity index (χ2v) is 7.22. The highest BCUT2D eigenvalue weighted by molar-refractivity contribution is 9.10. The van der Waals surface area contributed by atoms with Gasteiger partial charge in [0.25, 0.3) is 0 Å². The summed E-state index contributed by atoms with van der Waals surface area (Å²) in [5.41, 5.74) is 7.26. The van der Waals surface area contributed by atoms with E-state index in [0.717, 1.165) is 29.3 Å². The first-order chi connectivity index (χ1) is 9.97. The molecule has 1 fully saturated rings. The van der Waals surface area contributed by atoms with Crippen molar-refractivity contribution in [3.8, 4) is 0 Å². The normalized spacial score (nSPS) is 21.8. The quantitative estimate of drug-likeness (QED) is 0.877. The predicted molar refractivity (Wildman–Crippen MR) is 89.8 cm³/mol. The SMILES string of the molecule is CC(C)N(Cc1ccc(Br)cc1)C(=O)C[C@@H]1CCC[C@H]1N. The maximum absolute atomic E-state index is 12.6. The molecule has 1 aromatic rings. The summed E-state index contributed by atoms with van der Waals surface area (Å²) in [6.07, 6.45) is 3.91. The van der Waals surface area contributed by atoms with E-state index in [1.807, 2.05) is 17.0 Å². The zero-order valence-corrected chi connectivity index (χ0v) is 14.5. The highest BCUT2D eigenvalue weighted by Crippen LogP contribution is 2.28. The van der Waals surface area contributed by atoms with Gasteiger partial charge in [0.05, 0.1) is 0 Å². The van der Waals surface area contributed by atoms with Crippen molar-refractivity contribution in [3.63, 3.8) is 0 Å². The molecule has 0 aromatic heterocycles. The lowest BCUT2D eigenvalue weighted by Gasteiger charge is -2.29. The lowest BCUT2D eigenvalue weighted by atomic mass is 9.99. The van der Waals surface area contributed by atoms with Gasteiger partial charge in [-0.05, 0) is 50.3 Å². The topological polar surface area (TPSA) is 46.3 Å². The highest BCUT2D eigenvalue weighted by Gasteiger charge is 2.28. The molecule has 2 N–H and O–H groups in total. The smallest absolute Gasteiger partial charge is 0.223 e. The number of hydrogen-bond donors (Lipinski definition) is 1. The molecule has 0 bridgehead atoms.